The van der Waals surface area contributed by atoms with Gasteiger partial charge in [0.05, 0.1) is 5.56 Å². The van der Waals surface area contributed by atoms with Crippen molar-refractivity contribution in [2.45, 2.75) is 39.0 Å². The Morgan fingerprint density at radius 2 is 2.08 bits per heavy atom. The molecule has 5 nitrogen and oxygen atoms in total. The van der Waals surface area contributed by atoms with Crippen molar-refractivity contribution in [1.82, 2.24) is 4.98 Å². The van der Waals surface area contributed by atoms with Crippen LogP contribution in [0.2, 0.25) is 0 Å². The number of pyridine rings is 1. The molecule has 136 valence electrons. The molecule has 0 aliphatic heterocycles. The van der Waals surface area contributed by atoms with Crippen LogP contribution in [0.3, 0.4) is 0 Å². The van der Waals surface area contributed by atoms with Crippen LogP contribution in [0, 0.1) is 18.7 Å². The van der Waals surface area contributed by atoms with Crippen molar-refractivity contribution >= 4 is 29.4 Å². The van der Waals surface area contributed by atoms with Gasteiger partial charge < -0.3 is 11.1 Å². The van der Waals surface area contributed by atoms with Crippen molar-refractivity contribution < 1.29 is 9.18 Å². The summed E-state index contributed by atoms with van der Waals surface area (Å²) in [5.74, 6) is -0.861. The Morgan fingerprint density at radius 3 is 2.77 bits per heavy atom. The fourth-order valence-electron chi connectivity index (χ4n) is 3.17. The lowest BCUT2D eigenvalue weighted by Gasteiger charge is -2.17. The third-order valence-corrected chi connectivity index (χ3v) is 4.56. The van der Waals surface area contributed by atoms with Gasteiger partial charge in [0.2, 0.25) is 0 Å². The molecule has 0 bridgehead atoms. The maximum absolute atomic E-state index is 14.3. The first-order valence-corrected chi connectivity index (χ1v) is 8.91. The van der Waals surface area contributed by atoms with Crippen LogP contribution >= 0.6 is 0 Å². The predicted molar refractivity (Wildman–Crippen MR) is 102 cm³/mol. The van der Waals surface area contributed by atoms with E-state index in [1.165, 1.54) is 19.3 Å². The summed E-state index contributed by atoms with van der Waals surface area (Å²) in [5.41, 5.74) is 7.18. The van der Waals surface area contributed by atoms with E-state index in [9.17, 15) is 9.18 Å². The Morgan fingerprint density at radius 1 is 1.31 bits per heavy atom. The molecule has 1 fully saturated rings. The molecule has 1 amide bonds. The van der Waals surface area contributed by atoms with Gasteiger partial charge in [-0.25, -0.2) is 14.4 Å². The van der Waals surface area contributed by atoms with E-state index in [2.05, 4.69) is 15.3 Å². The van der Waals surface area contributed by atoms with Crippen LogP contribution in [0.25, 0.3) is 0 Å². The second kappa shape index (κ2) is 8.08. The number of benzene rings is 1. The summed E-state index contributed by atoms with van der Waals surface area (Å²) in [6, 6.07) is 8.68. The van der Waals surface area contributed by atoms with Gasteiger partial charge in [-0.05, 0) is 49.4 Å². The average Bonchev–Trinajstić information content (AvgIpc) is 2.62. The van der Waals surface area contributed by atoms with Crippen molar-refractivity contribution in [1.29, 1.82) is 0 Å². The van der Waals surface area contributed by atoms with Gasteiger partial charge >= 0.3 is 0 Å². The van der Waals surface area contributed by atoms with Gasteiger partial charge in [0, 0.05) is 11.9 Å². The number of rotatable bonds is 5. The molecule has 3 N–H and O–H groups in total. The van der Waals surface area contributed by atoms with Crippen LogP contribution < -0.4 is 11.1 Å². The van der Waals surface area contributed by atoms with Crippen molar-refractivity contribution in [2.24, 2.45) is 16.6 Å². The summed E-state index contributed by atoms with van der Waals surface area (Å²) in [5, 5.41) is 3.05. The monoisotopic (exact) mass is 354 g/mol. The number of anilines is 2. The first-order valence-electron chi connectivity index (χ1n) is 8.91. The number of nitrogens with zero attached hydrogens (tertiary/aromatic N) is 2. The van der Waals surface area contributed by atoms with Gasteiger partial charge in [0.15, 0.2) is 11.6 Å². The van der Waals surface area contributed by atoms with Gasteiger partial charge in [-0.3, -0.25) is 4.79 Å². The molecule has 1 heterocycles. The van der Waals surface area contributed by atoms with Crippen molar-refractivity contribution in [2.75, 3.05) is 5.32 Å². The van der Waals surface area contributed by atoms with Crippen LogP contribution in [0.5, 0.6) is 0 Å². The quantitative estimate of drug-likeness (QED) is 0.767. The summed E-state index contributed by atoms with van der Waals surface area (Å²) < 4.78 is 14.3. The smallest absolute Gasteiger partial charge is 0.252 e. The fraction of sp³-hybridized carbons (Fsp3) is 0.350. The highest BCUT2D eigenvalue weighted by atomic mass is 19.1. The lowest BCUT2D eigenvalue weighted by atomic mass is 9.90. The van der Waals surface area contributed by atoms with Gasteiger partial charge in [-0.15, -0.1) is 0 Å². The summed E-state index contributed by atoms with van der Waals surface area (Å²) >= 11 is 0. The molecule has 26 heavy (non-hydrogen) atoms. The van der Waals surface area contributed by atoms with Crippen LogP contribution in [-0.2, 0) is 0 Å². The van der Waals surface area contributed by atoms with E-state index in [1.807, 2.05) is 31.2 Å². The highest BCUT2D eigenvalue weighted by molar-refractivity contribution is 5.98. The molecule has 1 saturated carbocycles. The first-order chi connectivity index (χ1) is 12.5. The Kier molecular flexibility index (Phi) is 5.61. The zero-order valence-electron chi connectivity index (χ0n) is 14.8. The molecule has 2 aromatic rings. The molecule has 0 atom stereocenters. The Balaban J connectivity index is 1.90. The van der Waals surface area contributed by atoms with Crippen LogP contribution in [0.15, 0.2) is 35.3 Å². The summed E-state index contributed by atoms with van der Waals surface area (Å²) in [6.07, 6.45) is 7.51. The van der Waals surface area contributed by atoms with E-state index in [4.69, 9.17) is 5.73 Å². The van der Waals surface area contributed by atoms with Gasteiger partial charge in [-0.1, -0.05) is 31.4 Å². The molecule has 0 radical (unpaired) electrons. The molecular weight excluding hydrogens is 331 g/mol. The number of carbonyl (C=O) groups is 1. The topological polar surface area (TPSA) is 80.4 Å². The van der Waals surface area contributed by atoms with E-state index in [0.717, 1.165) is 30.2 Å². The number of hydrogen-bond acceptors (Lipinski definition) is 4. The fourth-order valence-corrected chi connectivity index (χ4v) is 3.17. The van der Waals surface area contributed by atoms with E-state index < -0.39 is 11.7 Å². The second-order valence-corrected chi connectivity index (χ2v) is 6.72. The number of primary amides is 1. The molecule has 0 saturated heterocycles. The SMILES string of the molecule is Cc1cccc(Nc2nc(N=CC3CCCCC3)c(F)cc2C(N)=O)c1. The molecule has 3 rings (SSSR count). The predicted octanol–water partition coefficient (Wildman–Crippen LogP) is 4.65. The Labute approximate surface area is 152 Å². The third kappa shape index (κ3) is 4.45. The maximum atomic E-state index is 14.3. The number of nitrogens with two attached hydrogens (primary N) is 1. The largest absolute Gasteiger partial charge is 0.365 e. The average molecular weight is 354 g/mol. The Hall–Kier alpha value is -2.76. The van der Waals surface area contributed by atoms with E-state index in [-0.39, 0.29) is 17.2 Å². The minimum Gasteiger partial charge on any atom is -0.365 e. The number of aliphatic imine (C=N–C) groups is 1. The van der Waals surface area contributed by atoms with Crippen LogP contribution in [-0.4, -0.2) is 17.1 Å². The number of carbonyl (C=O) groups excluding carboxylic acids is 1. The van der Waals surface area contributed by atoms with Crippen LogP contribution in [0.4, 0.5) is 21.7 Å². The third-order valence-electron chi connectivity index (χ3n) is 4.56. The summed E-state index contributed by atoms with van der Waals surface area (Å²) in [7, 11) is 0. The zero-order chi connectivity index (χ0) is 18.5. The number of hydrogen-bond donors (Lipinski definition) is 2. The van der Waals surface area contributed by atoms with E-state index >= 15 is 0 Å². The van der Waals surface area contributed by atoms with E-state index in [1.54, 1.807) is 6.21 Å². The Bertz CT molecular complexity index is 829. The number of aromatic nitrogens is 1. The highest BCUT2D eigenvalue weighted by Crippen LogP contribution is 2.27. The summed E-state index contributed by atoms with van der Waals surface area (Å²) in [6.45, 7) is 1.96. The first kappa shape index (κ1) is 18.0. The van der Waals surface area contributed by atoms with Crippen molar-refractivity contribution in [3.8, 4) is 0 Å². The van der Waals surface area contributed by atoms with Gasteiger partial charge in [0.1, 0.15) is 5.82 Å². The van der Waals surface area contributed by atoms with Crippen LogP contribution in [0.1, 0.15) is 48.0 Å². The normalized spacial score (nSPS) is 15.3. The minimum atomic E-state index is -0.741. The highest BCUT2D eigenvalue weighted by Gasteiger charge is 2.17. The number of amides is 1. The lowest BCUT2D eigenvalue weighted by Crippen LogP contribution is -2.15. The molecule has 1 aliphatic carbocycles. The zero-order valence-corrected chi connectivity index (χ0v) is 14.8. The molecular formula is C20H23FN4O. The number of halogens is 1. The maximum Gasteiger partial charge on any atom is 0.252 e. The second-order valence-electron chi connectivity index (χ2n) is 6.72. The molecule has 6 heteroatoms. The lowest BCUT2D eigenvalue weighted by molar-refractivity contribution is 0.100. The molecule has 1 aromatic heterocycles. The molecule has 1 aliphatic rings. The number of nitrogens with one attached hydrogen (secondary N) is 1. The standard InChI is InChI=1S/C20H23FN4O/c1-13-6-5-9-15(10-13)24-19-16(18(22)26)11-17(21)20(25-19)23-12-14-7-3-2-4-8-14/h5-6,9-12,14H,2-4,7-8H2,1H3,(H2,22,26)(H,24,25). The summed E-state index contributed by atoms with van der Waals surface area (Å²) in [4.78, 5) is 20.1. The minimum absolute atomic E-state index is 0.000576. The van der Waals surface area contributed by atoms with Gasteiger partial charge in [-0.2, -0.15) is 0 Å². The molecule has 1 aromatic carbocycles. The molecule has 0 spiro atoms. The van der Waals surface area contributed by atoms with Crippen molar-refractivity contribution in [3.63, 3.8) is 0 Å². The number of aryl methyl sites for hydroxylation is 1. The molecule has 0 unspecified atom stereocenters. The van der Waals surface area contributed by atoms with Crippen molar-refractivity contribution in [3.05, 3.63) is 47.3 Å². The van der Waals surface area contributed by atoms with E-state index in [0.29, 0.717) is 5.92 Å². The van der Waals surface area contributed by atoms with Gasteiger partial charge in [0.25, 0.3) is 5.91 Å².